The number of hydrogen-bond donors (Lipinski definition) is 2. The van der Waals surface area contributed by atoms with E-state index >= 15 is 0 Å². The molecule has 0 saturated carbocycles. The standard InChI is InChI=1S/C24H32ClN3O2/c1-16(18-9-7-6-8-10-18)17(2)23(29)27-15-21(28(4)5)14-20-13-19(24(30)26-3)11-12-22(20)25/h6-13,16-17,21H,14-15H2,1-5H3,(H,26,30)(H,27,29)/t16?,17-,21-/m0/s1. The Morgan fingerprint density at radius 3 is 2.33 bits per heavy atom. The Morgan fingerprint density at radius 1 is 1.07 bits per heavy atom. The normalized spacial score (nSPS) is 14.1. The van der Waals surface area contributed by atoms with Crippen LogP contribution in [0.2, 0.25) is 5.02 Å². The molecule has 2 rings (SSSR count). The third-order valence-electron chi connectivity index (χ3n) is 5.72. The molecule has 1 unspecified atom stereocenters. The first kappa shape index (κ1) is 23.9. The zero-order chi connectivity index (χ0) is 22.3. The minimum Gasteiger partial charge on any atom is -0.355 e. The lowest BCUT2D eigenvalue weighted by atomic mass is 9.88. The highest BCUT2D eigenvalue weighted by atomic mass is 35.5. The maximum absolute atomic E-state index is 12.8. The van der Waals surface area contributed by atoms with Gasteiger partial charge in [0.1, 0.15) is 0 Å². The lowest BCUT2D eigenvalue weighted by Gasteiger charge is -2.27. The molecule has 0 saturated heterocycles. The summed E-state index contributed by atoms with van der Waals surface area (Å²) in [7, 11) is 5.55. The van der Waals surface area contributed by atoms with Gasteiger partial charge < -0.3 is 15.5 Å². The minimum absolute atomic E-state index is 0.0309. The monoisotopic (exact) mass is 429 g/mol. The molecular formula is C24H32ClN3O2. The molecule has 2 N–H and O–H groups in total. The van der Waals surface area contributed by atoms with Crippen molar-refractivity contribution >= 4 is 23.4 Å². The number of nitrogens with zero attached hydrogens (tertiary/aromatic N) is 1. The lowest BCUT2D eigenvalue weighted by molar-refractivity contribution is -0.125. The van der Waals surface area contributed by atoms with Gasteiger partial charge >= 0.3 is 0 Å². The van der Waals surface area contributed by atoms with Gasteiger partial charge in [0.2, 0.25) is 5.91 Å². The van der Waals surface area contributed by atoms with Gasteiger partial charge in [-0.15, -0.1) is 0 Å². The molecule has 30 heavy (non-hydrogen) atoms. The summed E-state index contributed by atoms with van der Waals surface area (Å²) in [6.45, 7) is 4.53. The predicted octanol–water partition coefficient (Wildman–Crippen LogP) is 3.73. The van der Waals surface area contributed by atoms with Crippen LogP contribution in [-0.4, -0.2) is 50.4 Å². The second-order valence-corrected chi connectivity index (χ2v) is 8.35. The summed E-state index contributed by atoms with van der Waals surface area (Å²) >= 11 is 6.38. The second-order valence-electron chi connectivity index (χ2n) is 7.94. The molecule has 0 heterocycles. The highest BCUT2D eigenvalue weighted by Gasteiger charge is 2.23. The van der Waals surface area contributed by atoms with Crippen molar-refractivity contribution in [2.24, 2.45) is 5.92 Å². The summed E-state index contributed by atoms with van der Waals surface area (Å²) in [4.78, 5) is 26.8. The molecule has 0 aliphatic carbocycles. The van der Waals surface area contributed by atoms with Crippen LogP contribution < -0.4 is 10.6 Å². The van der Waals surface area contributed by atoms with Crippen LogP contribution in [0.5, 0.6) is 0 Å². The number of rotatable bonds is 9. The summed E-state index contributed by atoms with van der Waals surface area (Å²) in [5.74, 6) is -0.132. The molecule has 0 aliphatic heterocycles. The van der Waals surface area contributed by atoms with E-state index in [0.717, 1.165) is 11.1 Å². The Kier molecular flexibility index (Phi) is 8.88. The van der Waals surface area contributed by atoms with Crippen molar-refractivity contribution in [1.29, 1.82) is 0 Å². The zero-order valence-electron chi connectivity index (χ0n) is 18.4. The molecule has 0 aliphatic rings. The van der Waals surface area contributed by atoms with Gasteiger partial charge in [-0.05, 0) is 55.8 Å². The molecule has 162 valence electrons. The number of amides is 2. The highest BCUT2D eigenvalue weighted by molar-refractivity contribution is 6.31. The van der Waals surface area contributed by atoms with Gasteiger partial charge in [-0.3, -0.25) is 9.59 Å². The molecule has 0 aromatic heterocycles. The number of hydrogen-bond acceptors (Lipinski definition) is 3. The number of nitrogens with one attached hydrogen (secondary N) is 2. The van der Waals surface area contributed by atoms with Gasteiger partial charge in [0, 0.05) is 36.1 Å². The molecule has 5 nitrogen and oxygen atoms in total. The summed E-state index contributed by atoms with van der Waals surface area (Å²) in [6.07, 6.45) is 0.625. The molecule has 0 radical (unpaired) electrons. The van der Waals surface area contributed by atoms with Crippen molar-refractivity contribution < 1.29 is 9.59 Å². The van der Waals surface area contributed by atoms with Crippen molar-refractivity contribution in [1.82, 2.24) is 15.5 Å². The first-order valence-electron chi connectivity index (χ1n) is 10.2. The Morgan fingerprint density at radius 2 is 1.73 bits per heavy atom. The summed E-state index contributed by atoms with van der Waals surface area (Å²) in [6, 6.07) is 15.4. The van der Waals surface area contributed by atoms with E-state index in [2.05, 4.69) is 34.6 Å². The molecule has 0 spiro atoms. The van der Waals surface area contributed by atoms with Gasteiger partial charge in [-0.25, -0.2) is 0 Å². The van der Waals surface area contributed by atoms with Gasteiger partial charge in [0.15, 0.2) is 0 Å². The van der Waals surface area contributed by atoms with Crippen LogP contribution in [-0.2, 0) is 11.2 Å². The smallest absolute Gasteiger partial charge is 0.251 e. The average Bonchev–Trinajstić information content (AvgIpc) is 2.76. The van der Waals surface area contributed by atoms with Crippen LogP contribution in [0.15, 0.2) is 48.5 Å². The van der Waals surface area contributed by atoms with E-state index < -0.39 is 0 Å². The Balaban J connectivity index is 2.04. The SMILES string of the molecule is CNC(=O)c1ccc(Cl)c(C[C@@H](CNC(=O)[C@@H](C)C(C)c2ccccc2)N(C)C)c1. The van der Waals surface area contributed by atoms with Crippen molar-refractivity contribution in [3.63, 3.8) is 0 Å². The highest BCUT2D eigenvalue weighted by Crippen LogP contribution is 2.24. The summed E-state index contributed by atoms with van der Waals surface area (Å²) < 4.78 is 0. The van der Waals surface area contributed by atoms with E-state index in [4.69, 9.17) is 11.6 Å². The van der Waals surface area contributed by atoms with Crippen LogP contribution in [0.3, 0.4) is 0 Å². The quantitative estimate of drug-likeness (QED) is 0.638. The van der Waals surface area contributed by atoms with Crippen LogP contribution in [0.25, 0.3) is 0 Å². The molecule has 3 atom stereocenters. The topological polar surface area (TPSA) is 61.4 Å². The van der Waals surface area contributed by atoms with E-state index in [-0.39, 0.29) is 29.7 Å². The van der Waals surface area contributed by atoms with E-state index in [1.54, 1.807) is 19.2 Å². The summed E-state index contributed by atoms with van der Waals surface area (Å²) in [5.41, 5.74) is 2.61. The van der Waals surface area contributed by atoms with E-state index in [0.29, 0.717) is 23.6 Å². The Labute approximate surface area is 184 Å². The molecule has 2 aromatic carbocycles. The van der Waals surface area contributed by atoms with Crippen LogP contribution in [0.4, 0.5) is 0 Å². The first-order valence-corrected chi connectivity index (χ1v) is 10.6. The fourth-order valence-electron chi connectivity index (χ4n) is 3.36. The minimum atomic E-state index is -0.147. The van der Waals surface area contributed by atoms with E-state index in [9.17, 15) is 9.59 Å². The summed E-state index contributed by atoms with van der Waals surface area (Å²) in [5, 5.41) is 6.35. The number of likely N-dealkylation sites (N-methyl/N-ethyl adjacent to an activating group) is 1. The zero-order valence-corrected chi connectivity index (χ0v) is 19.2. The maximum Gasteiger partial charge on any atom is 0.251 e. The van der Waals surface area contributed by atoms with Gasteiger partial charge in [-0.2, -0.15) is 0 Å². The van der Waals surface area contributed by atoms with Crippen LogP contribution in [0.1, 0.15) is 41.3 Å². The van der Waals surface area contributed by atoms with Gasteiger partial charge in [0.25, 0.3) is 5.91 Å². The van der Waals surface area contributed by atoms with Crippen LogP contribution in [0, 0.1) is 5.92 Å². The number of carbonyl (C=O) groups is 2. The van der Waals surface area contributed by atoms with E-state index in [1.165, 1.54) is 0 Å². The Hall–Kier alpha value is -2.37. The fourth-order valence-corrected chi connectivity index (χ4v) is 3.55. The molecular weight excluding hydrogens is 398 g/mol. The molecule has 2 aromatic rings. The molecule has 0 bridgehead atoms. The Bertz CT molecular complexity index is 855. The third-order valence-corrected chi connectivity index (χ3v) is 6.09. The van der Waals surface area contributed by atoms with Crippen molar-refractivity contribution in [2.75, 3.05) is 27.7 Å². The lowest BCUT2D eigenvalue weighted by Crippen LogP contribution is -2.43. The number of halogens is 1. The number of carbonyl (C=O) groups excluding carboxylic acids is 2. The van der Waals surface area contributed by atoms with Crippen molar-refractivity contribution in [2.45, 2.75) is 32.2 Å². The van der Waals surface area contributed by atoms with Gasteiger partial charge in [-0.1, -0.05) is 55.8 Å². The molecule has 0 fully saturated rings. The average molecular weight is 430 g/mol. The molecule has 6 heteroatoms. The van der Waals surface area contributed by atoms with Crippen molar-refractivity contribution in [3.8, 4) is 0 Å². The van der Waals surface area contributed by atoms with Gasteiger partial charge in [0.05, 0.1) is 0 Å². The molecule has 2 amide bonds. The first-order chi connectivity index (χ1) is 14.2. The van der Waals surface area contributed by atoms with E-state index in [1.807, 2.05) is 45.3 Å². The van der Waals surface area contributed by atoms with Crippen molar-refractivity contribution in [3.05, 3.63) is 70.2 Å². The predicted molar refractivity (Wildman–Crippen MR) is 123 cm³/mol. The second kappa shape index (κ2) is 11.1. The number of benzene rings is 2. The largest absolute Gasteiger partial charge is 0.355 e. The maximum atomic E-state index is 12.8. The fraction of sp³-hybridized carbons (Fsp3) is 0.417. The van der Waals surface area contributed by atoms with Crippen LogP contribution >= 0.6 is 11.6 Å². The third kappa shape index (κ3) is 6.31.